The van der Waals surface area contributed by atoms with Crippen LogP contribution >= 0.6 is 0 Å². The van der Waals surface area contributed by atoms with Gasteiger partial charge in [-0.3, -0.25) is 0 Å². The second kappa shape index (κ2) is 6.36. The minimum atomic E-state index is -3.22. The van der Waals surface area contributed by atoms with Crippen molar-refractivity contribution in [3.8, 4) is 0 Å². The molecule has 0 atom stereocenters. The van der Waals surface area contributed by atoms with Crippen molar-refractivity contribution in [1.82, 2.24) is 9.62 Å². The van der Waals surface area contributed by atoms with Gasteiger partial charge in [-0.2, -0.15) is 0 Å². The molecule has 0 spiro atoms. The smallest absolute Gasteiger partial charge is 0.215 e. The first-order valence-electron chi connectivity index (χ1n) is 6.03. The van der Waals surface area contributed by atoms with Crippen LogP contribution in [0.3, 0.4) is 0 Å². The fourth-order valence-electron chi connectivity index (χ4n) is 1.55. The van der Waals surface area contributed by atoms with Gasteiger partial charge in [0.1, 0.15) is 5.76 Å². The van der Waals surface area contributed by atoms with E-state index in [9.17, 15) is 8.42 Å². The summed E-state index contributed by atoms with van der Waals surface area (Å²) in [4.78, 5) is 0. The van der Waals surface area contributed by atoms with Crippen LogP contribution in [-0.2, 0) is 16.6 Å². The minimum Gasteiger partial charge on any atom is -0.469 e. The normalized spacial score (nSPS) is 12.6. The van der Waals surface area contributed by atoms with Crippen LogP contribution in [0.15, 0.2) is 16.7 Å². The maximum Gasteiger partial charge on any atom is 0.215 e. The number of aryl methyl sites for hydroxylation is 1. The Kier molecular flexibility index (Phi) is 5.37. The molecule has 5 nitrogen and oxygen atoms in total. The van der Waals surface area contributed by atoms with Gasteiger partial charge in [-0.25, -0.2) is 12.7 Å². The average Bonchev–Trinajstić information content (AvgIpc) is 2.63. The van der Waals surface area contributed by atoms with Gasteiger partial charge in [0.25, 0.3) is 0 Å². The van der Waals surface area contributed by atoms with Gasteiger partial charge in [-0.15, -0.1) is 0 Å². The molecule has 1 aromatic heterocycles. The minimum absolute atomic E-state index is 0.110. The van der Waals surface area contributed by atoms with E-state index in [-0.39, 0.29) is 5.75 Å². The molecule has 1 aromatic rings. The topological polar surface area (TPSA) is 62.6 Å². The summed E-state index contributed by atoms with van der Waals surface area (Å²) < 4.78 is 30.5. The highest BCUT2D eigenvalue weighted by molar-refractivity contribution is 7.89. The predicted octanol–water partition coefficient (Wildman–Crippen LogP) is 1.35. The zero-order valence-electron chi connectivity index (χ0n) is 11.4. The van der Waals surface area contributed by atoms with Crippen molar-refractivity contribution >= 4 is 10.0 Å². The second-order valence-electron chi connectivity index (χ2n) is 4.68. The molecule has 0 aliphatic rings. The van der Waals surface area contributed by atoms with E-state index in [1.54, 1.807) is 19.4 Å². The molecule has 0 bridgehead atoms. The van der Waals surface area contributed by atoms with E-state index in [1.807, 2.05) is 20.8 Å². The predicted molar refractivity (Wildman–Crippen MR) is 71.8 cm³/mol. The van der Waals surface area contributed by atoms with Gasteiger partial charge < -0.3 is 9.73 Å². The molecule has 6 heteroatoms. The second-order valence-corrected chi connectivity index (χ2v) is 6.88. The van der Waals surface area contributed by atoms with Crippen molar-refractivity contribution < 1.29 is 12.8 Å². The maximum absolute atomic E-state index is 12.0. The van der Waals surface area contributed by atoms with Gasteiger partial charge in [0.2, 0.25) is 10.0 Å². The molecule has 0 amide bonds. The van der Waals surface area contributed by atoms with E-state index in [2.05, 4.69) is 5.32 Å². The summed E-state index contributed by atoms with van der Waals surface area (Å²) in [5, 5.41) is 3.10. The van der Waals surface area contributed by atoms with Gasteiger partial charge in [0.15, 0.2) is 0 Å². The number of hydrogen-bond acceptors (Lipinski definition) is 4. The fourth-order valence-corrected chi connectivity index (χ4v) is 2.57. The summed E-state index contributed by atoms with van der Waals surface area (Å²) in [6, 6.07) is 2.09. The molecule has 0 saturated heterocycles. The lowest BCUT2D eigenvalue weighted by molar-refractivity contribution is 0.456. The number of rotatable bonds is 7. The van der Waals surface area contributed by atoms with Crippen molar-refractivity contribution in [2.75, 3.05) is 19.3 Å². The number of nitrogens with zero attached hydrogens (tertiary/aromatic N) is 1. The number of nitrogens with one attached hydrogen (secondary N) is 1. The first-order valence-corrected chi connectivity index (χ1v) is 7.64. The molecular formula is C12H22N2O3S. The Hall–Kier alpha value is -0.850. The Morgan fingerprint density at radius 2 is 2.11 bits per heavy atom. The third kappa shape index (κ3) is 4.44. The molecule has 1 heterocycles. The molecule has 0 fully saturated rings. The largest absolute Gasteiger partial charge is 0.469 e. The molecule has 1 N–H and O–H groups in total. The number of sulfonamides is 1. The lowest BCUT2D eigenvalue weighted by atomic mass is 10.3. The summed E-state index contributed by atoms with van der Waals surface area (Å²) in [6.07, 6.45) is 1.57. The molecule has 0 radical (unpaired) electrons. The quantitative estimate of drug-likeness (QED) is 0.815. The molecular weight excluding hydrogens is 252 g/mol. The van der Waals surface area contributed by atoms with Crippen molar-refractivity contribution in [3.05, 3.63) is 23.7 Å². The highest BCUT2D eigenvalue weighted by atomic mass is 32.2. The fraction of sp³-hybridized carbons (Fsp3) is 0.667. The molecule has 0 aromatic carbocycles. The Bertz CT molecular complexity index is 465. The molecule has 0 saturated carbocycles. The van der Waals surface area contributed by atoms with Gasteiger partial charge in [-0.1, -0.05) is 13.8 Å². The van der Waals surface area contributed by atoms with Crippen LogP contribution in [0.5, 0.6) is 0 Å². The molecule has 0 unspecified atom stereocenters. The Morgan fingerprint density at radius 1 is 1.44 bits per heavy atom. The average molecular weight is 274 g/mol. The lowest BCUT2D eigenvalue weighted by Gasteiger charge is -2.17. The molecule has 0 aliphatic carbocycles. The summed E-state index contributed by atoms with van der Waals surface area (Å²) in [5.74, 6) is 0.871. The molecule has 0 aliphatic heterocycles. The highest BCUT2D eigenvalue weighted by Gasteiger charge is 2.19. The molecule has 1 rings (SSSR count). The first kappa shape index (κ1) is 15.2. The van der Waals surface area contributed by atoms with Crippen LogP contribution in [0.2, 0.25) is 0 Å². The van der Waals surface area contributed by atoms with Gasteiger partial charge in [0.05, 0.1) is 12.0 Å². The Labute approximate surface area is 109 Å². The lowest BCUT2D eigenvalue weighted by Crippen LogP contribution is -2.35. The third-order valence-corrected chi connectivity index (χ3v) is 4.55. The molecule has 18 heavy (non-hydrogen) atoms. The first-order chi connectivity index (χ1) is 8.33. The summed E-state index contributed by atoms with van der Waals surface area (Å²) in [5.41, 5.74) is 0.901. The zero-order chi connectivity index (χ0) is 13.8. The summed E-state index contributed by atoms with van der Waals surface area (Å²) in [6.45, 7) is 6.63. The molecule has 104 valence electrons. The van der Waals surface area contributed by atoms with Crippen LogP contribution in [0, 0.1) is 6.92 Å². The van der Waals surface area contributed by atoms with E-state index in [0.717, 1.165) is 11.3 Å². The maximum atomic E-state index is 12.0. The van der Waals surface area contributed by atoms with Crippen LogP contribution in [0.25, 0.3) is 0 Å². The van der Waals surface area contributed by atoms with Gasteiger partial charge in [-0.05, 0) is 13.0 Å². The van der Waals surface area contributed by atoms with Crippen molar-refractivity contribution in [3.63, 3.8) is 0 Å². The Morgan fingerprint density at radius 3 is 2.61 bits per heavy atom. The van der Waals surface area contributed by atoms with E-state index in [0.29, 0.717) is 19.1 Å². The third-order valence-electron chi connectivity index (χ3n) is 2.75. The van der Waals surface area contributed by atoms with E-state index >= 15 is 0 Å². The standard InChI is InChI=1S/C12H22N2O3S/c1-10(2)13-6-8-18(15,16)14(4)9-12-5-7-17-11(12)3/h5,7,10,13H,6,8-9H2,1-4H3. The van der Waals surface area contributed by atoms with Crippen LogP contribution in [0.1, 0.15) is 25.2 Å². The van der Waals surface area contributed by atoms with Gasteiger partial charge in [0, 0.05) is 31.7 Å². The van der Waals surface area contributed by atoms with Crippen molar-refractivity contribution in [2.45, 2.75) is 33.4 Å². The summed E-state index contributed by atoms with van der Waals surface area (Å²) in [7, 11) is -1.63. The van der Waals surface area contributed by atoms with E-state index in [1.165, 1.54) is 4.31 Å². The van der Waals surface area contributed by atoms with Crippen molar-refractivity contribution in [1.29, 1.82) is 0 Å². The van der Waals surface area contributed by atoms with Gasteiger partial charge >= 0.3 is 0 Å². The van der Waals surface area contributed by atoms with Crippen LogP contribution in [-0.4, -0.2) is 38.1 Å². The number of furan rings is 1. The van der Waals surface area contributed by atoms with Crippen LogP contribution < -0.4 is 5.32 Å². The zero-order valence-corrected chi connectivity index (χ0v) is 12.3. The highest BCUT2D eigenvalue weighted by Crippen LogP contribution is 2.13. The van der Waals surface area contributed by atoms with E-state index < -0.39 is 10.0 Å². The summed E-state index contributed by atoms with van der Waals surface area (Å²) >= 11 is 0. The van der Waals surface area contributed by atoms with E-state index in [4.69, 9.17) is 4.42 Å². The monoisotopic (exact) mass is 274 g/mol. The Balaban J connectivity index is 2.54. The SMILES string of the molecule is Cc1occc1CN(C)S(=O)(=O)CCNC(C)C. The van der Waals surface area contributed by atoms with Crippen molar-refractivity contribution in [2.24, 2.45) is 0 Å². The number of hydrogen-bond donors (Lipinski definition) is 1. The van der Waals surface area contributed by atoms with Crippen LogP contribution in [0.4, 0.5) is 0 Å².